The van der Waals surface area contributed by atoms with Gasteiger partial charge >= 0.3 is 0 Å². The molecule has 0 bridgehead atoms. The maximum Gasteiger partial charge on any atom is 0.243 e. The van der Waals surface area contributed by atoms with Crippen molar-refractivity contribution in [1.82, 2.24) is 9.62 Å². The van der Waals surface area contributed by atoms with Gasteiger partial charge in [-0.15, -0.1) is 0 Å². The average Bonchev–Trinajstić information content (AvgIpc) is 2.47. The Hall–Kier alpha value is -1.42. The van der Waals surface area contributed by atoms with Crippen LogP contribution in [0.15, 0.2) is 29.2 Å². The summed E-state index contributed by atoms with van der Waals surface area (Å²) in [5, 5.41) is 11.9. The van der Waals surface area contributed by atoms with Gasteiger partial charge in [0.1, 0.15) is 0 Å². The maximum atomic E-state index is 12.5. The lowest BCUT2D eigenvalue weighted by Gasteiger charge is -2.30. The first kappa shape index (κ1) is 14.0. The number of hydrogen-bond donors (Lipinski definition) is 1. The van der Waals surface area contributed by atoms with Gasteiger partial charge in [-0.2, -0.15) is 9.57 Å². The molecule has 0 radical (unpaired) electrons. The van der Waals surface area contributed by atoms with Crippen molar-refractivity contribution in [3.05, 3.63) is 29.8 Å². The molecular weight excluding hydrogens is 262 g/mol. The Morgan fingerprint density at radius 2 is 1.84 bits per heavy atom. The second kappa shape index (κ2) is 5.70. The van der Waals surface area contributed by atoms with Gasteiger partial charge in [0, 0.05) is 13.1 Å². The topological polar surface area (TPSA) is 73.2 Å². The fourth-order valence-electron chi connectivity index (χ4n) is 2.23. The van der Waals surface area contributed by atoms with Crippen molar-refractivity contribution in [3.8, 4) is 6.07 Å². The normalized spacial score (nSPS) is 17.3. The summed E-state index contributed by atoms with van der Waals surface area (Å²) in [4.78, 5) is 0.243. The highest BCUT2D eigenvalue weighted by Crippen LogP contribution is 2.20. The third kappa shape index (κ3) is 2.95. The summed E-state index contributed by atoms with van der Waals surface area (Å²) in [6.07, 6.45) is 1.65. The molecular formula is C13H17N3O2S. The van der Waals surface area contributed by atoms with Crippen molar-refractivity contribution >= 4 is 10.0 Å². The van der Waals surface area contributed by atoms with Gasteiger partial charge in [-0.3, -0.25) is 0 Å². The minimum absolute atomic E-state index is 0.0434. The van der Waals surface area contributed by atoms with Crippen LogP contribution < -0.4 is 5.32 Å². The molecule has 0 spiro atoms. The van der Waals surface area contributed by atoms with E-state index in [1.54, 1.807) is 7.05 Å². The minimum atomic E-state index is -3.47. The van der Waals surface area contributed by atoms with Crippen LogP contribution in [-0.2, 0) is 10.0 Å². The zero-order valence-electron chi connectivity index (χ0n) is 10.8. The zero-order valence-corrected chi connectivity index (χ0v) is 11.7. The Labute approximate surface area is 113 Å². The molecule has 0 saturated carbocycles. The van der Waals surface area contributed by atoms with Crippen LogP contribution in [0.1, 0.15) is 18.4 Å². The van der Waals surface area contributed by atoms with Crippen LogP contribution in [0.2, 0.25) is 0 Å². The van der Waals surface area contributed by atoms with E-state index in [1.807, 2.05) is 6.07 Å². The quantitative estimate of drug-likeness (QED) is 0.893. The highest BCUT2D eigenvalue weighted by atomic mass is 32.2. The van der Waals surface area contributed by atoms with E-state index in [4.69, 9.17) is 5.26 Å². The minimum Gasteiger partial charge on any atom is -0.317 e. The van der Waals surface area contributed by atoms with E-state index >= 15 is 0 Å². The van der Waals surface area contributed by atoms with Crippen molar-refractivity contribution < 1.29 is 8.42 Å². The second-order valence-corrected chi connectivity index (χ2v) is 6.64. The summed E-state index contributed by atoms with van der Waals surface area (Å²) >= 11 is 0. The van der Waals surface area contributed by atoms with Crippen LogP contribution in [0.3, 0.4) is 0 Å². The van der Waals surface area contributed by atoms with E-state index in [9.17, 15) is 8.42 Å². The maximum absolute atomic E-state index is 12.5. The third-order valence-electron chi connectivity index (χ3n) is 3.48. The van der Waals surface area contributed by atoms with Crippen molar-refractivity contribution in [2.45, 2.75) is 23.8 Å². The Balaban J connectivity index is 2.22. The van der Waals surface area contributed by atoms with Crippen LogP contribution >= 0.6 is 0 Å². The molecule has 1 saturated heterocycles. The summed E-state index contributed by atoms with van der Waals surface area (Å²) in [5.41, 5.74) is 0.462. The molecule has 6 heteroatoms. The first-order valence-electron chi connectivity index (χ1n) is 6.24. The van der Waals surface area contributed by atoms with E-state index < -0.39 is 10.0 Å². The van der Waals surface area contributed by atoms with Crippen molar-refractivity contribution in [2.24, 2.45) is 0 Å². The van der Waals surface area contributed by atoms with Crippen LogP contribution in [0, 0.1) is 11.3 Å². The first-order valence-corrected chi connectivity index (χ1v) is 7.68. The molecule has 1 N–H and O–H groups in total. The lowest BCUT2D eigenvalue weighted by atomic mass is 10.1. The van der Waals surface area contributed by atoms with Gasteiger partial charge in [0.2, 0.25) is 10.0 Å². The molecule has 1 heterocycles. The molecule has 1 aliphatic heterocycles. The summed E-state index contributed by atoms with van der Waals surface area (Å²) in [7, 11) is -1.84. The van der Waals surface area contributed by atoms with E-state index in [0.717, 1.165) is 25.9 Å². The number of nitriles is 1. The molecule has 2 rings (SSSR count). The number of nitrogens with one attached hydrogen (secondary N) is 1. The highest BCUT2D eigenvalue weighted by Gasteiger charge is 2.28. The molecule has 0 amide bonds. The molecule has 0 aliphatic carbocycles. The fraction of sp³-hybridized carbons (Fsp3) is 0.462. The van der Waals surface area contributed by atoms with Crippen LogP contribution in [0.25, 0.3) is 0 Å². The standard InChI is InChI=1S/C13H17N3O2S/c1-16(12-6-8-15-9-7-12)19(17,18)13-4-2-11(10-14)3-5-13/h2-5,12,15H,6-9H2,1H3. The largest absolute Gasteiger partial charge is 0.317 e. The van der Waals surface area contributed by atoms with E-state index in [1.165, 1.54) is 28.6 Å². The number of rotatable bonds is 3. The van der Waals surface area contributed by atoms with Crippen molar-refractivity contribution in [2.75, 3.05) is 20.1 Å². The molecule has 1 aliphatic rings. The Morgan fingerprint density at radius 3 is 2.37 bits per heavy atom. The third-order valence-corrected chi connectivity index (χ3v) is 5.41. The van der Waals surface area contributed by atoms with Gasteiger partial charge in [0.05, 0.1) is 16.5 Å². The molecule has 1 aromatic rings. The van der Waals surface area contributed by atoms with Crippen LogP contribution in [0.5, 0.6) is 0 Å². The Bertz CT molecular complexity index is 569. The number of sulfonamides is 1. The summed E-state index contributed by atoms with van der Waals surface area (Å²) < 4.78 is 26.4. The number of piperidine rings is 1. The predicted octanol–water partition coefficient (Wildman–Crippen LogP) is 0.931. The zero-order chi connectivity index (χ0) is 13.9. The summed E-state index contributed by atoms with van der Waals surface area (Å²) in [5.74, 6) is 0. The second-order valence-electron chi connectivity index (χ2n) is 4.64. The van der Waals surface area contributed by atoms with Gasteiger partial charge in [0.15, 0.2) is 0 Å². The molecule has 0 aromatic heterocycles. The number of nitrogens with zero attached hydrogens (tertiary/aromatic N) is 2. The molecule has 5 nitrogen and oxygen atoms in total. The SMILES string of the molecule is CN(C1CCNCC1)S(=O)(=O)c1ccc(C#N)cc1. The highest BCUT2D eigenvalue weighted by molar-refractivity contribution is 7.89. The van der Waals surface area contributed by atoms with Crippen LogP contribution in [0.4, 0.5) is 0 Å². The lowest BCUT2D eigenvalue weighted by molar-refractivity contribution is 0.296. The lowest BCUT2D eigenvalue weighted by Crippen LogP contribution is -2.43. The van der Waals surface area contributed by atoms with E-state index in [0.29, 0.717) is 5.56 Å². The Kier molecular flexibility index (Phi) is 4.20. The number of benzene rings is 1. The molecule has 1 aromatic carbocycles. The number of hydrogen-bond acceptors (Lipinski definition) is 4. The predicted molar refractivity (Wildman–Crippen MR) is 72.0 cm³/mol. The molecule has 102 valence electrons. The van der Waals surface area contributed by atoms with Crippen molar-refractivity contribution in [3.63, 3.8) is 0 Å². The first-order chi connectivity index (χ1) is 9.05. The van der Waals surface area contributed by atoms with Gasteiger partial charge in [-0.1, -0.05) is 0 Å². The summed E-state index contributed by atoms with van der Waals surface area (Å²) in [6.45, 7) is 1.69. The van der Waals surface area contributed by atoms with Crippen LogP contribution in [-0.4, -0.2) is 38.9 Å². The molecule has 0 atom stereocenters. The summed E-state index contributed by atoms with van der Waals surface area (Å²) in [6, 6.07) is 8.07. The van der Waals surface area contributed by atoms with E-state index in [-0.39, 0.29) is 10.9 Å². The molecule has 19 heavy (non-hydrogen) atoms. The Morgan fingerprint density at radius 1 is 1.26 bits per heavy atom. The molecule has 0 unspecified atom stereocenters. The van der Waals surface area contributed by atoms with E-state index in [2.05, 4.69) is 5.32 Å². The monoisotopic (exact) mass is 279 g/mol. The fourth-order valence-corrected chi connectivity index (χ4v) is 3.65. The average molecular weight is 279 g/mol. The smallest absolute Gasteiger partial charge is 0.243 e. The van der Waals surface area contributed by atoms with Gasteiger partial charge in [0.25, 0.3) is 0 Å². The molecule has 1 fully saturated rings. The van der Waals surface area contributed by atoms with Gasteiger partial charge in [-0.05, 0) is 50.2 Å². The van der Waals surface area contributed by atoms with Gasteiger partial charge < -0.3 is 5.32 Å². The van der Waals surface area contributed by atoms with Crippen molar-refractivity contribution in [1.29, 1.82) is 5.26 Å². The van der Waals surface area contributed by atoms with Gasteiger partial charge in [-0.25, -0.2) is 8.42 Å².